The highest BCUT2D eigenvalue weighted by atomic mass is 35.5. The largest absolute Gasteiger partial charge is 0.316 e. The van der Waals surface area contributed by atoms with Crippen molar-refractivity contribution < 1.29 is 12.8 Å². The fraction of sp³-hybridized carbons (Fsp3) is 0.143. The van der Waals surface area contributed by atoms with Gasteiger partial charge in [0.25, 0.3) is 10.0 Å². The molecule has 0 aliphatic rings. The van der Waals surface area contributed by atoms with Crippen molar-refractivity contribution >= 4 is 27.3 Å². The summed E-state index contributed by atoms with van der Waals surface area (Å²) in [5.74, 6) is -0.663. The maximum Gasteiger partial charge on any atom is 0.263 e. The van der Waals surface area contributed by atoms with Gasteiger partial charge in [-0.1, -0.05) is 23.7 Å². The zero-order valence-electron chi connectivity index (χ0n) is 11.2. The molecule has 0 spiro atoms. The Bertz CT molecular complexity index is 750. The molecule has 4 nitrogen and oxygen atoms in total. The molecule has 0 fully saturated rings. The van der Waals surface area contributed by atoms with Crippen LogP contribution in [0.15, 0.2) is 47.4 Å². The second-order valence-corrected chi connectivity index (χ2v) is 6.47. The van der Waals surface area contributed by atoms with Crippen molar-refractivity contribution in [2.75, 3.05) is 11.8 Å². The molecule has 0 saturated heterocycles. The maximum atomic E-state index is 13.2. The van der Waals surface area contributed by atoms with Crippen LogP contribution in [0.4, 0.5) is 10.1 Å². The normalized spacial score (nSPS) is 11.4. The minimum Gasteiger partial charge on any atom is -0.316 e. The van der Waals surface area contributed by atoms with E-state index >= 15 is 0 Å². The number of benzene rings is 2. The van der Waals surface area contributed by atoms with Crippen LogP contribution >= 0.6 is 11.6 Å². The van der Waals surface area contributed by atoms with E-state index in [4.69, 9.17) is 11.6 Å². The molecule has 0 radical (unpaired) electrons. The second kappa shape index (κ2) is 6.43. The Hall–Kier alpha value is -1.63. The molecule has 0 aliphatic carbocycles. The van der Waals surface area contributed by atoms with Gasteiger partial charge in [-0.3, -0.25) is 4.72 Å². The van der Waals surface area contributed by atoms with E-state index in [0.717, 1.165) is 17.7 Å². The zero-order valence-corrected chi connectivity index (χ0v) is 12.8. The standard InChI is InChI=1S/C14H14ClFN2O2S/c1-17-9-10-3-2-4-12(7-10)18-21(19,20)14-8-11(16)5-6-13(14)15/h2-8,17-18H,9H2,1H3. The van der Waals surface area contributed by atoms with Crippen LogP contribution in [0, 0.1) is 5.82 Å². The quantitative estimate of drug-likeness (QED) is 0.887. The molecule has 0 bridgehead atoms. The van der Waals surface area contributed by atoms with E-state index in [1.807, 2.05) is 6.07 Å². The molecule has 0 atom stereocenters. The molecule has 7 heteroatoms. The molecule has 21 heavy (non-hydrogen) atoms. The molecule has 2 rings (SSSR count). The summed E-state index contributed by atoms with van der Waals surface area (Å²) in [7, 11) is -2.15. The van der Waals surface area contributed by atoms with Crippen molar-refractivity contribution in [2.45, 2.75) is 11.4 Å². The second-order valence-electron chi connectivity index (χ2n) is 4.41. The van der Waals surface area contributed by atoms with Crippen molar-refractivity contribution in [1.29, 1.82) is 0 Å². The van der Waals surface area contributed by atoms with E-state index in [9.17, 15) is 12.8 Å². The van der Waals surface area contributed by atoms with Gasteiger partial charge in [-0.05, 0) is 42.9 Å². The van der Waals surface area contributed by atoms with Crippen LogP contribution in [0.1, 0.15) is 5.56 Å². The third-order valence-electron chi connectivity index (χ3n) is 2.74. The van der Waals surface area contributed by atoms with Crippen molar-refractivity contribution in [3.05, 3.63) is 58.9 Å². The van der Waals surface area contributed by atoms with E-state index in [2.05, 4.69) is 10.0 Å². The Kier molecular flexibility index (Phi) is 4.82. The summed E-state index contributed by atoms with van der Waals surface area (Å²) in [6.07, 6.45) is 0. The minimum atomic E-state index is -3.94. The molecule has 0 aromatic heterocycles. The predicted octanol–water partition coefficient (Wildman–Crippen LogP) is 3.00. The van der Waals surface area contributed by atoms with Crippen LogP contribution in [0.25, 0.3) is 0 Å². The smallest absolute Gasteiger partial charge is 0.263 e. The molecule has 0 heterocycles. The number of nitrogens with one attached hydrogen (secondary N) is 2. The summed E-state index contributed by atoms with van der Waals surface area (Å²) in [5.41, 5.74) is 1.31. The van der Waals surface area contributed by atoms with Crippen LogP contribution in [-0.2, 0) is 16.6 Å². The van der Waals surface area contributed by atoms with Gasteiger partial charge in [-0.15, -0.1) is 0 Å². The van der Waals surface area contributed by atoms with Crippen LogP contribution in [0.2, 0.25) is 5.02 Å². The minimum absolute atomic E-state index is 0.0321. The van der Waals surface area contributed by atoms with Crippen molar-refractivity contribution in [1.82, 2.24) is 5.32 Å². The van der Waals surface area contributed by atoms with Gasteiger partial charge in [-0.25, -0.2) is 12.8 Å². The van der Waals surface area contributed by atoms with Gasteiger partial charge in [0, 0.05) is 12.2 Å². The van der Waals surface area contributed by atoms with Crippen molar-refractivity contribution in [3.8, 4) is 0 Å². The summed E-state index contributed by atoms with van der Waals surface area (Å²) in [6.45, 7) is 0.607. The lowest BCUT2D eigenvalue weighted by atomic mass is 10.2. The predicted molar refractivity (Wildman–Crippen MR) is 81.4 cm³/mol. The Balaban J connectivity index is 2.33. The average Bonchev–Trinajstić information content (AvgIpc) is 2.42. The zero-order chi connectivity index (χ0) is 15.5. The summed E-state index contributed by atoms with van der Waals surface area (Å²) >= 11 is 5.83. The Morgan fingerprint density at radius 3 is 2.67 bits per heavy atom. The lowest BCUT2D eigenvalue weighted by molar-refractivity contribution is 0.595. The number of halogens is 2. The highest BCUT2D eigenvalue weighted by molar-refractivity contribution is 7.92. The average molecular weight is 329 g/mol. The van der Waals surface area contributed by atoms with Crippen LogP contribution in [-0.4, -0.2) is 15.5 Å². The van der Waals surface area contributed by atoms with Crippen LogP contribution < -0.4 is 10.0 Å². The molecule has 0 unspecified atom stereocenters. The molecule has 2 aromatic rings. The molecular formula is C14H14ClFN2O2S. The molecule has 0 aliphatic heterocycles. The summed E-state index contributed by atoms with van der Waals surface area (Å²) < 4.78 is 40.1. The molecule has 0 saturated carbocycles. The van der Waals surface area contributed by atoms with E-state index < -0.39 is 15.8 Å². The third-order valence-corrected chi connectivity index (χ3v) is 4.61. The van der Waals surface area contributed by atoms with Gasteiger partial charge in [0.2, 0.25) is 0 Å². The van der Waals surface area contributed by atoms with Gasteiger partial charge >= 0.3 is 0 Å². The summed E-state index contributed by atoms with van der Waals surface area (Å²) in [6, 6.07) is 10.1. The molecule has 2 aromatic carbocycles. The first-order valence-corrected chi connectivity index (χ1v) is 8.00. The lowest BCUT2D eigenvalue weighted by Crippen LogP contribution is -2.14. The number of rotatable bonds is 5. The summed E-state index contributed by atoms with van der Waals surface area (Å²) in [4.78, 5) is -0.289. The molecule has 2 N–H and O–H groups in total. The number of hydrogen-bond donors (Lipinski definition) is 2. The Morgan fingerprint density at radius 1 is 1.19 bits per heavy atom. The monoisotopic (exact) mass is 328 g/mol. The fourth-order valence-electron chi connectivity index (χ4n) is 1.84. The van der Waals surface area contributed by atoms with Gasteiger partial charge in [0.1, 0.15) is 10.7 Å². The van der Waals surface area contributed by atoms with Crippen molar-refractivity contribution in [2.24, 2.45) is 0 Å². The molecule has 112 valence electrons. The number of anilines is 1. The van der Waals surface area contributed by atoms with Gasteiger partial charge in [-0.2, -0.15) is 0 Å². The topological polar surface area (TPSA) is 58.2 Å². The van der Waals surface area contributed by atoms with E-state index in [-0.39, 0.29) is 9.92 Å². The number of hydrogen-bond acceptors (Lipinski definition) is 3. The fourth-order valence-corrected chi connectivity index (χ4v) is 3.40. The first-order valence-electron chi connectivity index (χ1n) is 6.14. The van der Waals surface area contributed by atoms with Gasteiger partial charge in [0.15, 0.2) is 0 Å². The van der Waals surface area contributed by atoms with Gasteiger partial charge in [0.05, 0.1) is 5.02 Å². The van der Waals surface area contributed by atoms with Gasteiger partial charge < -0.3 is 5.32 Å². The SMILES string of the molecule is CNCc1cccc(NS(=O)(=O)c2cc(F)ccc2Cl)c1. The molecular weight excluding hydrogens is 315 g/mol. The highest BCUT2D eigenvalue weighted by Crippen LogP contribution is 2.24. The van der Waals surface area contributed by atoms with E-state index in [0.29, 0.717) is 12.2 Å². The maximum absolute atomic E-state index is 13.2. The first kappa shape index (κ1) is 15.8. The third kappa shape index (κ3) is 3.93. The Morgan fingerprint density at radius 2 is 1.95 bits per heavy atom. The van der Waals surface area contributed by atoms with E-state index in [1.54, 1.807) is 25.2 Å². The number of sulfonamides is 1. The lowest BCUT2D eigenvalue weighted by Gasteiger charge is -2.10. The summed E-state index contributed by atoms with van der Waals surface area (Å²) in [5, 5.41) is 2.94. The first-order chi connectivity index (χ1) is 9.92. The van der Waals surface area contributed by atoms with Crippen LogP contribution in [0.5, 0.6) is 0 Å². The Labute approximate surface area is 128 Å². The van der Waals surface area contributed by atoms with E-state index in [1.165, 1.54) is 6.07 Å². The molecule has 0 amide bonds. The highest BCUT2D eigenvalue weighted by Gasteiger charge is 2.19. The van der Waals surface area contributed by atoms with Crippen molar-refractivity contribution in [3.63, 3.8) is 0 Å². The van der Waals surface area contributed by atoms with Crippen LogP contribution in [0.3, 0.4) is 0 Å².